The number of hydrogen-bond donors (Lipinski definition) is 2. The molecule has 3 heterocycles. The molecule has 2 N–H and O–H groups in total. The van der Waals surface area contributed by atoms with E-state index in [0.29, 0.717) is 6.42 Å². The molecular weight excluding hydrogens is 456 g/mol. The largest absolute Gasteiger partial charge is 0.485 e. The Labute approximate surface area is 212 Å². The van der Waals surface area contributed by atoms with Gasteiger partial charge in [0.1, 0.15) is 17.7 Å². The number of fused-ring (bicyclic) bond motifs is 1. The molecule has 0 bridgehead atoms. The van der Waals surface area contributed by atoms with E-state index in [4.69, 9.17) is 4.74 Å². The smallest absolute Gasteiger partial charge is 0.166 e. The van der Waals surface area contributed by atoms with Crippen LogP contribution in [0.4, 0.5) is 11.5 Å². The van der Waals surface area contributed by atoms with E-state index < -0.39 is 0 Å². The van der Waals surface area contributed by atoms with Crippen LogP contribution in [0.1, 0.15) is 65.4 Å². The number of carbonyl (C=O) groups is 1. The Kier molecular flexibility index (Phi) is 8.77. The molecule has 3 aromatic rings. The zero-order valence-corrected chi connectivity index (χ0v) is 21.7. The van der Waals surface area contributed by atoms with Crippen molar-refractivity contribution in [2.24, 2.45) is 0 Å². The van der Waals surface area contributed by atoms with Crippen molar-refractivity contribution in [1.29, 1.82) is 0 Å². The van der Waals surface area contributed by atoms with Crippen LogP contribution in [-0.2, 0) is 0 Å². The third kappa shape index (κ3) is 6.41. The molecule has 2 atom stereocenters. The molecule has 0 fully saturated rings. The lowest BCUT2D eigenvalue weighted by Gasteiger charge is -2.24. The second-order valence-corrected chi connectivity index (χ2v) is 10.1. The van der Waals surface area contributed by atoms with Crippen molar-refractivity contribution in [3.63, 3.8) is 0 Å². The predicted molar refractivity (Wildman–Crippen MR) is 145 cm³/mol. The summed E-state index contributed by atoms with van der Waals surface area (Å²) in [5.41, 5.74) is 2.91. The molecule has 186 valence electrons. The molecule has 4 rings (SSSR count). The molecule has 7 heteroatoms. The van der Waals surface area contributed by atoms with Crippen LogP contribution < -0.4 is 20.3 Å². The molecular formula is C28H36N4O2S. The van der Waals surface area contributed by atoms with Crippen molar-refractivity contribution in [3.8, 4) is 5.75 Å². The monoisotopic (exact) mass is 492 g/mol. The first-order valence-electron chi connectivity index (χ1n) is 12.5. The summed E-state index contributed by atoms with van der Waals surface area (Å²) < 4.78 is 6.48. The Bertz CT molecular complexity index is 1100. The van der Waals surface area contributed by atoms with Crippen LogP contribution in [-0.4, -0.2) is 44.5 Å². The van der Waals surface area contributed by atoms with Crippen molar-refractivity contribution in [3.05, 3.63) is 70.0 Å². The number of nitrogens with zero attached hydrogens (tertiary/aromatic N) is 2. The summed E-state index contributed by atoms with van der Waals surface area (Å²) in [5.74, 6) is 2.15. The van der Waals surface area contributed by atoms with Crippen LogP contribution in [0.25, 0.3) is 0 Å². The normalized spacial score (nSPS) is 17.2. The predicted octanol–water partition coefficient (Wildman–Crippen LogP) is 5.89. The highest BCUT2D eigenvalue weighted by Crippen LogP contribution is 2.34. The number of carbonyl (C=O) groups excluding carboxylic acids is 1. The van der Waals surface area contributed by atoms with Gasteiger partial charge in [-0.15, -0.1) is 11.3 Å². The molecule has 6 nitrogen and oxygen atoms in total. The lowest BCUT2D eigenvalue weighted by atomic mass is 9.90. The standard InChI is InChI=1S/C28H36N4O2S/c1-4-30-28-18-24-23(19-31-28)25(33)11-10-20(13-15-32(24)3)21-7-5-8-22(17-21)34-26(12-14-29-2)27-9-6-16-35-27/h5-9,16-20,26,29H,4,10-15H2,1-3H3,(H,30,31). The van der Waals surface area contributed by atoms with Crippen LogP contribution in [0.15, 0.2) is 54.0 Å². The minimum absolute atomic E-state index is 0.0267. The Hall–Kier alpha value is -2.90. The molecule has 2 aromatic heterocycles. The van der Waals surface area contributed by atoms with Gasteiger partial charge in [-0.25, -0.2) is 4.98 Å². The van der Waals surface area contributed by atoms with E-state index in [1.165, 1.54) is 10.4 Å². The maximum Gasteiger partial charge on any atom is 0.166 e. The Morgan fingerprint density at radius 2 is 2.11 bits per heavy atom. The fourth-order valence-corrected chi connectivity index (χ4v) is 5.45. The zero-order chi connectivity index (χ0) is 24.6. The number of ether oxygens (including phenoxy) is 1. The lowest BCUT2D eigenvalue weighted by Crippen LogP contribution is -2.22. The fraction of sp³-hybridized carbons (Fsp3) is 0.429. The highest BCUT2D eigenvalue weighted by Gasteiger charge is 2.23. The van der Waals surface area contributed by atoms with Gasteiger partial charge in [0.15, 0.2) is 5.78 Å². The summed E-state index contributed by atoms with van der Waals surface area (Å²) in [4.78, 5) is 21.0. The Morgan fingerprint density at radius 1 is 1.23 bits per heavy atom. The highest BCUT2D eigenvalue weighted by molar-refractivity contribution is 7.10. The maximum atomic E-state index is 13.1. The average molecular weight is 493 g/mol. The molecule has 0 amide bonds. The first-order chi connectivity index (χ1) is 17.1. The second-order valence-electron chi connectivity index (χ2n) is 9.07. The molecule has 0 spiro atoms. The highest BCUT2D eigenvalue weighted by atomic mass is 32.1. The minimum Gasteiger partial charge on any atom is -0.485 e. The van der Waals surface area contributed by atoms with E-state index in [1.807, 2.05) is 26.1 Å². The van der Waals surface area contributed by atoms with E-state index in [0.717, 1.165) is 61.7 Å². The van der Waals surface area contributed by atoms with Crippen LogP contribution in [0, 0.1) is 0 Å². The second kappa shape index (κ2) is 12.2. The minimum atomic E-state index is 0.0267. The summed E-state index contributed by atoms with van der Waals surface area (Å²) in [6, 6.07) is 14.7. The van der Waals surface area contributed by atoms with E-state index >= 15 is 0 Å². The van der Waals surface area contributed by atoms with E-state index in [2.05, 4.69) is 63.3 Å². The van der Waals surface area contributed by atoms with Gasteiger partial charge in [-0.05, 0) is 68.4 Å². The summed E-state index contributed by atoms with van der Waals surface area (Å²) in [6.45, 7) is 4.60. The Morgan fingerprint density at radius 3 is 2.89 bits per heavy atom. The number of benzene rings is 1. The van der Waals surface area contributed by atoms with Gasteiger partial charge >= 0.3 is 0 Å². The summed E-state index contributed by atoms with van der Waals surface area (Å²) >= 11 is 1.73. The number of thiophene rings is 1. The molecule has 0 radical (unpaired) electrons. The number of Topliss-reactive ketones (excluding diaryl/α,β-unsaturated/α-hetero) is 1. The molecule has 0 saturated heterocycles. The lowest BCUT2D eigenvalue weighted by molar-refractivity contribution is 0.0978. The number of anilines is 2. The van der Waals surface area contributed by atoms with Crippen molar-refractivity contribution < 1.29 is 9.53 Å². The molecule has 1 aliphatic heterocycles. The SMILES string of the molecule is CCNc1cc2c(cn1)C(=O)CCC(c1cccc(OC(CCNC)c3cccs3)c1)CCN2C. The third-order valence-corrected chi connectivity index (χ3v) is 7.57. The topological polar surface area (TPSA) is 66.5 Å². The first kappa shape index (κ1) is 25.2. The van der Waals surface area contributed by atoms with Gasteiger partial charge in [0.2, 0.25) is 0 Å². The number of ketones is 1. The van der Waals surface area contributed by atoms with Crippen molar-refractivity contribution in [1.82, 2.24) is 10.3 Å². The number of rotatable bonds is 9. The fourth-order valence-electron chi connectivity index (χ4n) is 4.66. The van der Waals surface area contributed by atoms with Gasteiger partial charge in [-0.1, -0.05) is 18.2 Å². The maximum absolute atomic E-state index is 13.1. The van der Waals surface area contributed by atoms with E-state index in [1.54, 1.807) is 17.5 Å². The van der Waals surface area contributed by atoms with Gasteiger partial charge in [-0.2, -0.15) is 0 Å². The first-order valence-corrected chi connectivity index (χ1v) is 13.4. The molecule has 1 aliphatic rings. The third-order valence-electron chi connectivity index (χ3n) is 6.61. The van der Waals surface area contributed by atoms with E-state index in [9.17, 15) is 4.79 Å². The molecule has 35 heavy (non-hydrogen) atoms. The summed E-state index contributed by atoms with van der Waals surface area (Å²) in [5, 5.41) is 8.59. The van der Waals surface area contributed by atoms with Crippen LogP contribution in [0.2, 0.25) is 0 Å². The molecule has 2 unspecified atom stereocenters. The van der Waals surface area contributed by atoms with Crippen molar-refractivity contribution >= 4 is 28.6 Å². The van der Waals surface area contributed by atoms with E-state index in [-0.39, 0.29) is 17.8 Å². The van der Waals surface area contributed by atoms with Crippen LogP contribution in [0.5, 0.6) is 5.75 Å². The van der Waals surface area contributed by atoms with Crippen LogP contribution in [0.3, 0.4) is 0 Å². The van der Waals surface area contributed by atoms with Crippen LogP contribution >= 0.6 is 11.3 Å². The van der Waals surface area contributed by atoms with Gasteiger partial charge in [-0.3, -0.25) is 4.79 Å². The summed E-state index contributed by atoms with van der Waals surface area (Å²) in [7, 11) is 4.04. The van der Waals surface area contributed by atoms with Gasteiger partial charge in [0.25, 0.3) is 0 Å². The average Bonchev–Trinajstić information content (AvgIpc) is 3.42. The van der Waals surface area contributed by atoms with Gasteiger partial charge in [0.05, 0.1) is 11.3 Å². The number of aromatic nitrogens is 1. The van der Waals surface area contributed by atoms with Crippen molar-refractivity contribution in [2.75, 3.05) is 43.9 Å². The summed E-state index contributed by atoms with van der Waals surface area (Å²) in [6.07, 6.45) is 4.97. The molecule has 0 saturated carbocycles. The molecule has 1 aromatic carbocycles. The number of pyridine rings is 1. The number of nitrogens with one attached hydrogen (secondary N) is 2. The molecule has 0 aliphatic carbocycles. The van der Waals surface area contributed by atoms with Crippen molar-refractivity contribution in [2.45, 2.75) is 44.6 Å². The Balaban J connectivity index is 1.52. The van der Waals surface area contributed by atoms with Gasteiger partial charge in [0, 0.05) is 50.1 Å². The van der Waals surface area contributed by atoms with Gasteiger partial charge < -0.3 is 20.3 Å². The zero-order valence-electron chi connectivity index (χ0n) is 20.9. The quantitative estimate of drug-likeness (QED) is 0.388. The number of hydrogen-bond acceptors (Lipinski definition) is 7.